The number of fused-ring (bicyclic) bond motifs is 1. The maximum atomic E-state index is 14.2. The van der Waals surface area contributed by atoms with Gasteiger partial charge in [0.1, 0.15) is 18.2 Å². The van der Waals surface area contributed by atoms with Crippen molar-refractivity contribution in [1.82, 2.24) is 4.57 Å². The third-order valence-electron chi connectivity index (χ3n) is 7.74. The molecule has 0 fully saturated rings. The highest BCUT2D eigenvalue weighted by atomic mass is 28.4. The summed E-state index contributed by atoms with van der Waals surface area (Å²) in [6.07, 6.45) is 0. The topological polar surface area (TPSA) is 23.4 Å². The Morgan fingerprint density at radius 1 is 0.865 bits per heavy atom. The summed E-state index contributed by atoms with van der Waals surface area (Å²) in [6, 6.07) is 23.9. The average molecular weight is 518 g/mol. The maximum absolute atomic E-state index is 14.2. The van der Waals surface area contributed by atoms with Crippen molar-refractivity contribution in [2.45, 2.75) is 71.7 Å². The number of aromatic nitrogens is 1. The fourth-order valence-corrected chi connectivity index (χ4v) is 5.41. The number of nitrogens with zero attached hydrogens (tertiary/aromatic N) is 1. The van der Waals surface area contributed by atoms with Gasteiger partial charge in [0.25, 0.3) is 0 Å². The van der Waals surface area contributed by atoms with Crippen molar-refractivity contribution < 1.29 is 13.6 Å². The van der Waals surface area contributed by atoms with Gasteiger partial charge in [-0.2, -0.15) is 0 Å². The van der Waals surface area contributed by atoms with E-state index in [0.717, 1.165) is 33.6 Å². The highest BCUT2D eigenvalue weighted by Gasteiger charge is 2.39. The van der Waals surface area contributed by atoms with Crippen molar-refractivity contribution in [3.05, 3.63) is 95.4 Å². The Morgan fingerprint density at radius 3 is 2.22 bits per heavy atom. The van der Waals surface area contributed by atoms with Gasteiger partial charge in [0.2, 0.25) is 0 Å². The molecule has 0 N–H and O–H groups in total. The van der Waals surface area contributed by atoms with Crippen LogP contribution in [-0.4, -0.2) is 19.5 Å². The van der Waals surface area contributed by atoms with Gasteiger partial charge in [-0.15, -0.1) is 0 Å². The molecule has 37 heavy (non-hydrogen) atoms. The zero-order chi connectivity index (χ0) is 27.0. The molecule has 4 rings (SSSR count). The molecular weight excluding hydrogens is 477 g/mol. The van der Waals surface area contributed by atoms with Crippen LogP contribution >= 0.6 is 0 Å². The highest BCUT2D eigenvalue weighted by Crippen LogP contribution is 2.41. The van der Waals surface area contributed by atoms with Gasteiger partial charge in [-0.1, -0.05) is 71.0 Å². The minimum absolute atomic E-state index is 0.127. The minimum Gasteiger partial charge on any atom is -0.488 e. The van der Waals surface area contributed by atoms with Crippen molar-refractivity contribution in [3.8, 4) is 11.4 Å². The molecule has 3 nitrogen and oxygen atoms in total. The van der Waals surface area contributed by atoms with E-state index in [-0.39, 0.29) is 16.3 Å². The molecule has 0 amide bonds. The molecule has 4 aromatic rings. The molecule has 0 aliphatic rings. The smallest absolute Gasteiger partial charge is 0.192 e. The van der Waals surface area contributed by atoms with Gasteiger partial charge in [0.15, 0.2) is 8.32 Å². The number of aryl methyl sites for hydroxylation is 1. The third kappa shape index (κ3) is 5.68. The first kappa shape index (κ1) is 27.1. The number of benzene rings is 3. The lowest BCUT2D eigenvalue weighted by Crippen LogP contribution is -2.44. The normalized spacial score (nSPS) is 12.8. The predicted molar refractivity (Wildman–Crippen MR) is 155 cm³/mol. The van der Waals surface area contributed by atoms with E-state index in [2.05, 4.69) is 76.5 Å². The zero-order valence-corrected chi connectivity index (χ0v) is 24.5. The quantitative estimate of drug-likeness (QED) is 0.218. The van der Waals surface area contributed by atoms with Crippen LogP contribution in [0.4, 0.5) is 4.39 Å². The van der Waals surface area contributed by atoms with Gasteiger partial charge in [0, 0.05) is 28.8 Å². The molecule has 0 aliphatic carbocycles. The standard InChI is InChI=1S/C32H40FNO2Si/c1-23-19-25(17-18-27(23)33)34-28-15-12-16-29(35-21-24-13-10-9-11-14-24)26(28)20-30(34)32(5,6)22-36-37(7,8)31(2,3)4/h9-20H,21-22H2,1-8H3. The van der Waals surface area contributed by atoms with Gasteiger partial charge in [-0.3, -0.25) is 0 Å². The van der Waals surface area contributed by atoms with E-state index in [1.807, 2.05) is 49.4 Å². The Balaban J connectivity index is 1.81. The Bertz CT molecular complexity index is 1380. The fraction of sp³-hybridized carbons (Fsp3) is 0.375. The molecule has 1 heterocycles. The second kappa shape index (κ2) is 10.1. The van der Waals surface area contributed by atoms with Crippen LogP contribution < -0.4 is 4.74 Å². The number of hydrogen-bond acceptors (Lipinski definition) is 2. The molecule has 0 bridgehead atoms. The molecule has 196 valence electrons. The van der Waals surface area contributed by atoms with Crippen molar-refractivity contribution in [3.63, 3.8) is 0 Å². The highest BCUT2D eigenvalue weighted by molar-refractivity contribution is 6.74. The van der Waals surface area contributed by atoms with E-state index >= 15 is 0 Å². The lowest BCUT2D eigenvalue weighted by molar-refractivity contribution is 0.216. The van der Waals surface area contributed by atoms with Crippen molar-refractivity contribution in [1.29, 1.82) is 0 Å². The summed E-state index contributed by atoms with van der Waals surface area (Å²) in [6.45, 7) is 18.7. The molecular formula is C32H40FNO2Si. The minimum atomic E-state index is -1.94. The van der Waals surface area contributed by atoms with Crippen molar-refractivity contribution in [2.75, 3.05) is 6.61 Å². The second-order valence-electron chi connectivity index (χ2n) is 12.2. The monoisotopic (exact) mass is 517 g/mol. The second-order valence-corrected chi connectivity index (χ2v) is 17.0. The maximum Gasteiger partial charge on any atom is 0.192 e. The first-order valence-electron chi connectivity index (χ1n) is 13.0. The zero-order valence-electron chi connectivity index (χ0n) is 23.5. The number of ether oxygens (including phenoxy) is 1. The van der Waals surface area contributed by atoms with Crippen LogP contribution in [0.1, 0.15) is 51.4 Å². The van der Waals surface area contributed by atoms with Crippen LogP contribution in [-0.2, 0) is 16.4 Å². The summed E-state index contributed by atoms with van der Waals surface area (Å²) in [5, 5.41) is 1.17. The number of rotatable bonds is 8. The van der Waals surface area contributed by atoms with Gasteiger partial charge in [0.05, 0.1) is 5.52 Å². The summed E-state index contributed by atoms with van der Waals surface area (Å²) >= 11 is 0. The van der Waals surface area contributed by atoms with E-state index in [4.69, 9.17) is 9.16 Å². The van der Waals surface area contributed by atoms with Crippen molar-refractivity contribution >= 4 is 19.2 Å². The van der Waals surface area contributed by atoms with E-state index in [1.165, 1.54) is 0 Å². The van der Waals surface area contributed by atoms with Gasteiger partial charge >= 0.3 is 0 Å². The summed E-state index contributed by atoms with van der Waals surface area (Å²) in [7, 11) is -1.94. The van der Waals surface area contributed by atoms with Crippen LogP contribution in [0.15, 0.2) is 72.8 Å². The molecule has 0 spiro atoms. The first-order valence-corrected chi connectivity index (χ1v) is 15.9. The Morgan fingerprint density at radius 2 is 1.57 bits per heavy atom. The average Bonchev–Trinajstić information content (AvgIpc) is 3.25. The molecule has 0 aliphatic heterocycles. The van der Waals surface area contributed by atoms with E-state index in [0.29, 0.717) is 18.8 Å². The third-order valence-corrected chi connectivity index (χ3v) is 12.2. The van der Waals surface area contributed by atoms with Crippen LogP contribution in [0.25, 0.3) is 16.6 Å². The summed E-state index contributed by atoms with van der Waals surface area (Å²) in [5.74, 6) is 0.635. The van der Waals surface area contributed by atoms with Crippen LogP contribution in [0.5, 0.6) is 5.75 Å². The van der Waals surface area contributed by atoms with Gasteiger partial charge < -0.3 is 13.7 Å². The summed E-state index contributed by atoms with van der Waals surface area (Å²) < 4.78 is 29.5. The van der Waals surface area contributed by atoms with E-state index < -0.39 is 8.32 Å². The van der Waals surface area contributed by atoms with Crippen LogP contribution in [0.3, 0.4) is 0 Å². The SMILES string of the molecule is Cc1cc(-n2c(C(C)(C)CO[Si](C)(C)C(C)(C)C)cc3c(OCc4ccccc4)cccc32)ccc1F. The van der Waals surface area contributed by atoms with Crippen molar-refractivity contribution in [2.24, 2.45) is 0 Å². The summed E-state index contributed by atoms with van der Waals surface area (Å²) in [5.41, 5.74) is 4.53. The number of hydrogen-bond donors (Lipinski definition) is 0. The molecule has 0 atom stereocenters. The van der Waals surface area contributed by atoms with Gasteiger partial charge in [-0.25, -0.2) is 4.39 Å². The van der Waals surface area contributed by atoms with Crippen LogP contribution in [0, 0.1) is 12.7 Å². The largest absolute Gasteiger partial charge is 0.488 e. The Labute approximate surface area is 222 Å². The lowest BCUT2D eigenvalue weighted by atomic mass is 9.90. The molecule has 1 aromatic heterocycles. The number of halogens is 1. The molecule has 0 saturated heterocycles. The Hall–Kier alpha value is -2.89. The van der Waals surface area contributed by atoms with E-state index in [9.17, 15) is 4.39 Å². The molecule has 0 unspecified atom stereocenters. The lowest BCUT2D eigenvalue weighted by Gasteiger charge is -2.39. The predicted octanol–water partition coefficient (Wildman–Crippen LogP) is 8.96. The molecule has 0 radical (unpaired) electrons. The Kier molecular flexibility index (Phi) is 7.42. The molecule has 3 aromatic carbocycles. The molecule has 0 saturated carbocycles. The van der Waals surface area contributed by atoms with Gasteiger partial charge in [-0.05, 0) is 72.6 Å². The first-order chi connectivity index (χ1) is 17.3. The fourth-order valence-electron chi connectivity index (χ4n) is 4.26. The summed E-state index contributed by atoms with van der Waals surface area (Å²) in [4.78, 5) is 0. The van der Waals surface area contributed by atoms with Crippen LogP contribution in [0.2, 0.25) is 18.1 Å². The van der Waals surface area contributed by atoms with E-state index in [1.54, 1.807) is 6.07 Å². The molecule has 5 heteroatoms.